The van der Waals surface area contributed by atoms with E-state index in [1.165, 1.54) is 0 Å². The molecule has 0 rings (SSSR count). The van der Waals surface area contributed by atoms with Crippen molar-refractivity contribution in [3.8, 4) is 0 Å². The van der Waals surface area contributed by atoms with Crippen molar-refractivity contribution < 1.29 is 9.53 Å². The first-order valence-electron chi connectivity index (χ1n) is 6.80. The number of ether oxygens (including phenoxy) is 1. The number of alkyl carbamates (subject to hydrolysis) is 1. The number of rotatable bonds is 5. The van der Waals surface area contributed by atoms with E-state index in [0.29, 0.717) is 6.54 Å². The summed E-state index contributed by atoms with van der Waals surface area (Å²) in [6.45, 7) is 15.7. The van der Waals surface area contributed by atoms with Crippen LogP contribution in [-0.2, 0) is 4.74 Å². The van der Waals surface area contributed by atoms with Crippen LogP contribution in [0.25, 0.3) is 0 Å². The van der Waals surface area contributed by atoms with E-state index in [2.05, 4.69) is 11.9 Å². The molecule has 0 aromatic rings. The second-order valence-corrected chi connectivity index (χ2v) is 4.65. The van der Waals surface area contributed by atoms with Gasteiger partial charge in [-0.15, -0.1) is 0 Å². The highest BCUT2D eigenvalue weighted by Gasteiger charge is 2.15. The maximum absolute atomic E-state index is 11.3. The van der Waals surface area contributed by atoms with Gasteiger partial charge in [0.15, 0.2) is 0 Å². The normalized spacial score (nSPS) is 11.6. The van der Waals surface area contributed by atoms with Crippen molar-refractivity contribution in [2.75, 3.05) is 6.54 Å². The lowest BCUT2D eigenvalue weighted by Gasteiger charge is -2.19. The molecule has 0 aliphatic rings. The molecule has 0 aliphatic heterocycles. The summed E-state index contributed by atoms with van der Waals surface area (Å²) in [7, 11) is 0. The van der Waals surface area contributed by atoms with Crippen LogP contribution in [0, 0.1) is 0 Å². The van der Waals surface area contributed by atoms with Crippen LogP contribution in [0.15, 0.2) is 36.5 Å². The minimum absolute atomic E-state index is 0.382. The molecule has 0 aromatic heterocycles. The minimum atomic E-state index is -0.452. The Morgan fingerprint density at radius 2 is 1.89 bits per heavy atom. The van der Waals surface area contributed by atoms with Gasteiger partial charge in [0.2, 0.25) is 0 Å². The average molecular weight is 267 g/mol. The molecule has 0 atom stereocenters. The number of nitrogens with one attached hydrogen (secondary N) is 1. The number of carbonyl (C=O) groups is 1. The van der Waals surface area contributed by atoms with Crippen LogP contribution in [0.3, 0.4) is 0 Å². The SMILES string of the molecule is C=C/C(=C\C=C/C)CCNC(=O)OC(C)(C)C.CC. The largest absolute Gasteiger partial charge is 0.444 e. The van der Waals surface area contributed by atoms with Crippen LogP contribution < -0.4 is 5.32 Å². The van der Waals surface area contributed by atoms with E-state index >= 15 is 0 Å². The number of allylic oxidation sites excluding steroid dienone is 4. The van der Waals surface area contributed by atoms with Gasteiger partial charge in [-0.05, 0) is 39.7 Å². The van der Waals surface area contributed by atoms with Gasteiger partial charge in [0.05, 0.1) is 0 Å². The van der Waals surface area contributed by atoms with Gasteiger partial charge in [0.1, 0.15) is 5.60 Å². The van der Waals surface area contributed by atoms with Crippen molar-refractivity contribution in [3.05, 3.63) is 36.5 Å². The Labute approximate surface area is 118 Å². The van der Waals surface area contributed by atoms with Crippen LogP contribution in [0.5, 0.6) is 0 Å². The fourth-order valence-corrected chi connectivity index (χ4v) is 1.10. The van der Waals surface area contributed by atoms with Gasteiger partial charge in [-0.1, -0.05) is 44.7 Å². The molecule has 0 fully saturated rings. The van der Waals surface area contributed by atoms with Gasteiger partial charge in [-0.3, -0.25) is 0 Å². The fraction of sp³-hybridized carbons (Fsp3) is 0.562. The van der Waals surface area contributed by atoms with Crippen molar-refractivity contribution in [2.45, 2.75) is 53.6 Å². The molecule has 0 aromatic carbocycles. The van der Waals surface area contributed by atoms with Crippen molar-refractivity contribution in [3.63, 3.8) is 0 Å². The molecule has 0 heterocycles. The molecule has 110 valence electrons. The van der Waals surface area contributed by atoms with Gasteiger partial charge in [0.25, 0.3) is 0 Å². The molecule has 1 N–H and O–H groups in total. The minimum Gasteiger partial charge on any atom is -0.444 e. The molecule has 3 heteroatoms. The van der Waals surface area contributed by atoms with Crippen molar-refractivity contribution in [2.24, 2.45) is 0 Å². The first kappa shape index (κ1) is 19.8. The zero-order valence-corrected chi connectivity index (χ0v) is 13.2. The molecular formula is C16H29NO2. The zero-order valence-electron chi connectivity index (χ0n) is 13.2. The smallest absolute Gasteiger partial charge is 0.407 e. The molecular weight excluding hydrogens is 238 g/mol. The average Bonchev–Trinajstić information content (AvgIpc) is 2.33. The topological polar surface area (TPSA) is 38.3 Å². The van der Waals surface area contributed by atoms with Crippen LogP contribution in [0.1, 0.15) is 48.0 Å². The lowest BCUT2D eigenvalue weighted by molar-refractivity contribution is 0.0528. The second kappa shape index (κ2) is 11.6. The van der Waals surface area contributed by atoms with E-state index in [9.17, 15) is 4.79 Å². The Morgan fingerprint density at radius 3 is 2.32 bits per heavy atom. The Balaban J connectivity index is 0. The highest BCUT2D eigenvalue weighted by molar-refractivity contribution is 5.67. The fourth-order valence-electron chi connectivity index (χ4n) is 1.10. The predicted molar refractivity (Wildman–Crippen MR) is 83.3 cm³/mol. The quantitative estimate of drug-likeness (QED) is 0.738. The third-order valence-corrected chi connectivity index (χ3v) is 1.85. The molecule has 0 saturated heterocycles. The third kappa shape index (κ3) is 14.4. The van der Waals surface area contributed by atoms with Crippen LogP contribution in [0.4, 0.5) is 4.79 Å². The Bertz CT molecular complexity index is 309. The highest BCUT2D eigenvalue weighted by Crippen LogP contribution is 2.07. The van der Waals surface area contributed by atoms with E-state index in [1.54, 1.807) is 6.08 Å². The summed E-state index contributed by atoms with van der Waals surface area (Å²) < 4.78 is 5.12. The maximum atomic E-state index is 11.3. The Morgan fingerprint density at radius 1 is 1.32 bits per heavy atom. The first-order chi connectivity index (χ1) is 8.89. The van der Waals surface area contributed by atoms with Crippen LogP contribution >= 0.6 is 0 Å². The van der Waals surface area contributed by atoms with E-state index in [1.807, 2.05) is 59.8 Å². The molecule has 0 spiro atoms. The number of carbonyl (C=O) groups excluding carboxylic acids is 1. The Hall–Kier alpha value is -1.51. The van der Waals surface area contributed by atoms with Crippen LogP contribution in [-0.4, -0.2) is 18.2 Å². The number of amides is 1. The van der Waals surface area contributed by atoms with Crippen molar-refractivity contribution in [1.29, 1.82) is 0 Å². The zero-order chi connectivity index (χ0) is 15.3. The summed E-state index contributed by atoms with van der Waals surface area (Å²) in [6, 6.07) is 0. The molecule has 19 heavy (non-hydrogen) atoms. The highest BCUT2D eigenvalue weighted by atomic mass is 16.6. The standard InChI is InChI=1S/C14H23NO2.C2H6/c1-6-8-9-12(7-2)10-11-15-13(16)17-14(3,4)5;1-2/h6-9H,2,10-11H2,1,3-5H3,(H,15,16);1-2H3/b8-6-,12-9+;. The lowest BCUT2D eigenvalue weighted by atomic mass is 10.1. The third-order valence-electron chi connectivity index (χ3n) is 1.85. The molecule has 0 bridgehead atoms. The molecule has 0 aliphatic carbocycles. The van der Waals surface area contributed by atoms with Gasteiger partial charge in [0, 0.05) is 6.54 Å². The molecule has 0 radical (unpaired) electrons. The summed E-state index contributed by atoms with van der Waals surface area (Å²) in [4.78, 5) is 11.3. The molecule has 1 amide bonds. The van der Waals surface area contributed by atoms with Gasteiger partial charge < -0.3 is 10.1 Å². The van der Waals surface area contributed by atoms with E-state index in [-0.39, 0.29) is 6.09 Å². The molecule has 0 unspecified atom stereocenters. The van der Waals surface area contributed by atoms with Gasteiger partial charge in [-0.25, -0.2) is 4.79 Å². The van der Waals surface area contributed by atoms with Crippen molar-refractivity contribution in [1.82, 2.24) is 5.32 Å². The van der Waals surface area contributed by atoms with Gasteiger partial charge in [-0.2, -0.15) is 0 Å². The second-order valence-electron chi connectivity index (χ2n) is 4.65. The first-order valence-corrected chi connectivity index (χ1v) is 6.80. The van der Waals surface area contributed by atoms with E-state index in [0.717, 1.165) is 12.0 Å². The number of hydrogen-bond acceptors (Lipinski definition) is 2. The summed E-state index contributed by atoms with van der Waals surface area (Å²) in [6.07, 6.45) is 8.02. The summed E-state index contributed by atoms with van der Waals surface area (Å²) in [5.74, 6) is 0. The van der Waals surface area contributed by atoms with Crippen LogP contribution in [0.2, 0.25) is 0 Å². The van der Waals surface area contributed by atoms with E-state index in [4.69, 9.17) is 4.74 Å². The maximum Gasteiger partial charge on any atom is 0.407 e. The summed E-state index contributed by atoms with van der Waals surface area (Å²) in [5.41, 5.74) is 0.630. The van der Waals surface area contributed by atoms with Crippen molar-refractivity contribution >= 4 is 6.09 Å². The van der Waals surface area contributed by atoms with E-state index < -0.39 is 5.60 Å². The monoisotopic (exact) mass is 267 g/mol. The summed E-state index contributed by atoms with van der Waals surface area (Å²) >= 11 is 0. The molecule has 3 nitrogen and oxygen atoms in total. The Kier molecular flexibility index (Phi) is 12.1. The lowest BCUT2D eigenvalue weighted by Crippen LogP contribution is -2.33. The predicted octanol–water partition coefficient (Wildman–Crippen LogP) is 4.62. The number of hydrogen-bond donors (Lipinski definition) is 1. The summed E-state index contributed by atoms with van der Waals surface area (Å²) in [5, 5.41) is 2.71. The van der Waals surface area contributed by atoms with Gasteiger partial charge >= 0.3 is 6.09 Å². The molecule has 0 saturated carbocycles.